The van der Waals surface area contributed by atoms with Gasteiger partial charge in [-0.15, -0.1) is 0 Å². The first-order chi connectivity index (χ1) is 12.4. The van der Waals surface area contributed by atoms with Gasteiger partial charge in [0.1, 0.15) is 17.1 Å². The van der Waals surface area contributed by atoms with Gasteiger partial charge in [0.2, 0.25) is 5.91 Å². The largest absolute Gasteiger partial charge is 0.422 e. The van der Waals surface area contributed by atoms with Crippen LogP contribution in [0.2, 0.25) is 0 Å². The van der Waals surface area contributed by atoms with Crippen molar-refractivity contribution in [2.24, 2.45) is 0 Å². The van der Waals surface area contributed by atoms with Gasteiger partial charge < -0.3 is 5.32 Å². The van der Waals surface area contributed by atoms with Crippen molar-refractivity contribution in [3.8, 4) is 0 Å². The van der Waals surface area contributed by atoms with E-state index in [-0.39, 0.29) is 0 Å². The van der Waals surface area contributed by atoms with E-state index in [2.05, 4.69) is 0 Å². The second kappa shape index (κ2) is 7.53. The van der Waals surface area contributed by atoms with Gasteiger partial charge in [-0.1, -0.05) is 19.1 Å². The second-order valence-corrected chi connectivity index (χ2v) is 5.71. The molecular formula is C17H11F8NO. The third-order valence-electron chi connectivity index (χ3n) is 3.74. The van der Waals surface area contributed by atoms with Crippen LogP contribution in [0.15, 0.2) is 24.3 Å². The number of rotatable bonds is 4. The summed E-state index contributed by atoms with van der Waals surface area (Å²) >= 11 is 0. The van der Waals surface area contributed by atoms with Crippen LogP contribution in [-0.4, -0.2) is 5.91 Å². The number of nitrogens with one attached hydrogen (secondary N) is 1. The summed E-state index contributed by atoms with van der Waals surface area (Å²) in [4.78, 5) is 11.9. The fraction of sp³-hybridized carbons (Fsp3) is 0.235. The van der Waals surface area contributed by atoms with Crippen LogP contribution in [0, 0.1) is 29.1 Å². The summed E-state index contributed by atoms with van der Waals surface area (Å²) in [5.74, 6) is -12.3. The fourth-order valence-corrected chi connectivity index (χ4v) is 2.37. The van der Waals surface area contributed by atoms with E-state index in [0.717, 1.165) is 12.1 Å². The van der Waals surface area contributed by atoms with E-state index in [9.17, 15) is 39.9 Å². The van der Waals surface area contributed by atoms with Gasteiger partial charge in [0.25, 0.3) is 0 Å². The molecule has 146 valence electrons. The maximum absolute atomic E-state index is 13.8. The molecule has 0 aliphatic rings. The summed E-state index contributed by atoms with van der Waals surface area (Å²) in [6.07, 6.45) is -6.11. The van der Waals surface area contributed by atoms with Gasteiger partial charge in [0, 0.05) is 6.42 Å². The predicted molar refractivity (Wildman–Crippen MR) is 79.3 cm³/mol. The summed E-state index contributed by atoms with van der Waals surface area (Å²) in [6, 6.07) is 4.94. The van der Waals surface area contributed by atoms with Crippen molar-refractivity contribution >= 4 is 11.6 Å². The number of hydrogen-bond acceptors (Lipinski definition) is 1. The summed E-state index contributed by atoms with van der Waals surface area (Å²) in [5, 5.41) is 1.54. The fourth-order valence-electron chi connectivity index (χ4n) is 2.37. The molecule has 10 heteroatoms. The molecule has 1 unspecified atom stereocenters. The van der Waals surface area contributed by atoms with Crippen molar-refractivity contribution in [2.75, 3.05) is 5.32 Å². The number of benzene rings is 2. The molecule has 0 fully saturated rings. The minimum absolute atomic E-state index is 0.436. The molecular weight excluding hydrogens is 386 g/mol. The molecule has 0 saturated heterocycles. The maximum atomic E-state index is 13.8. The topological polar surface area (TPSA) is 29.1 Å². The first-order valence-electron chi connectivity index (χ1n) is 7.42. The van der Waals surface area contributed by atoms with E-state index in [1.807, 2.05) is 0 Å². The Kier molecular flexibility index (Phi) is 5.76. The summed E-state index contributed by atoms with van der Waals surface area (Å²) in [5.41, 5.74) is -3.90. The molecule has 1 atom stereocenters. The lowest BCUT2D eigenvalue weighted by Gasteiger charge is -2.16. The number of halogens is 8. The first-order valence-corrected chi connectivity index (χ1v) is 7.42. The van der Waals surface area contributed by atoms with Crippen molar-refractivity contribution in [1.29, 1.82) is 0 Å². The molecule has 0 aromatic heterocycles. The van der Waals surface area contributed by atoms with Crippen LogP contribution in [-0.2, 0) is 11.0 Å². The van der Waals surface area contributed by atoms with Crippen molar-refractivity contribution in [2.45, 2.75) is 25.4 Å². The van der Waals surface area contributed by atoms with Crippen molar-refractivity contribution < 1.29 is 39.9 Å². The number of carbonyl (C=O) groups is 1. The van der Waals surface area contributed by atoms with Gasteiger partial charge in [-0.05, 0) is 23.6 Å². The molecule has 2 aromatic carbocycles. The van der Waals surface area contributed by atoms with Gasteiger partial charge in [-0.2, -0.15) is 13.2 Å². The molecule has 0 bridgehead atoms. The summed E-state index contributed by atoms with van der Waals surface area (Å²) in [6.45, 7) is 1.51. The zero-order valence-electron chi connectivity index (χ0n) is 13.5. The highest BCUT2D eigenvalue weighted by Crippen LogP contribution is 2.38. The molecule has 0 spiro atoms. The van der Waals surface area contributed by atoms with Gasteiger partial charge in [0.05, 0.1) is 0 Å². The standard InChI is InChI=1S/C17H11F8NO/c1-7(8-2-4-9(18)5-3-8)6-10(27)26-16-14(21)12(19)11(17(23,24)25)13(20)15(16)22/h2-5,7H,6H2,1H3,(H,26,27). The van der Waals surface area contributed by atoms with Crippen LogP contribution < -0.4 is 5.32 Å². The molecule has 1 amide bonds. The molecule has 2 aromatic rings. The normalized spacial score (nSPS) is 12.8. The Morgan fingerprint density at radius 1 is 0.926 bits per heavy atom. The molecule has 0 radical (unpaired) electrons. The zero-order chi connectivity index (χ0) is 20.5. The Hall–Kier alpha value is -2.65. The van der Waals surface area contributed by atoms with Gasteiger partial charge >= 0.3 is 6.18 Å². The number of carbonyl (C=O) groups excluding carboxylic acids is 1. The third kappa shape index (κ3) is 4.37. The molecule has 0 aliphatic carbocycles. The van der Waals surface area contributed by atoms with E-state index in [1.54, 1.807) is 5.32 Å². The minimum atomic E-state index is -5.67. The van der Waals surface area contributed by atoms with E-state index >= 15 is 0 Å². The lowest BCUT2D eigenvalue weighted by atomic mass is 9.97. The van der Waals surface area contributed by atoms with Gasteiger partial charge in [0.15, 0.2) is 23.3 Å². The van der Waals surface area contributed by atoms with E-state index in [1.165, 1.54) is 19.1 Å². The molecule has 0 heterocycles. The van der Waals surface area contributed by atoms with Crippen LogP contribution in [0.5, 0.6) is 0 Å². The van der Waals surface area contributed by atoms with Crippen molar-refractivity contribution in [1.82, 2.24) is 0 Å². The maximum Gasteiger partial charge on any atom is 0.422 e. The van der Waals surface area contributed by atoms with E-state index in [0.29, 0.717) is 5.56 Å². The Morgan fingerprint density at radius 2 is 1.41 bits per heavy atom. The minimum Gasteiger partial charge on any atom is -0.321 e. The SMILES string of the molecule is CC(CC(=O)Nc1c(F)c(F)c(C(F)(F)F)c(F)c1F)c1ccc(F)cc1. The number of amides is 1. The highest BCUT2D eigenvalue weighted by atomic mass is 19.4. The van der Waals surface area contributed by atoms with Crippen molar-refractivity contribution in [3.63, 3.8) is 0 Å². The summed E-state index contributed by atoms with van der Waals surface area (Å²) in [7, 11) is 0. The first kappa shape index (κ1) is 20.7. The molecule has 27 heavy (non-hydrogen) atoms. The van der Waals surface area contributed by atoms with Crippen LogP contribution in [0.3, 0.4) is 0 Å². The number of anilines is 1. The molecule has 0 aliphatic heterocycles. The van der Waals surface area contributed by atoms with Crippen LogP contribution in [0.1, 0.15) is 30.4 Å². The number of alkyl halides is 3. The molecule has 2 rings (SSSR count). The monoisotopic (exact) mass is 397 g/mol. The molecule has 1 N–H and O–H groups in total. The van der Waals surface area contributed by atoms with Crippen LogP contribution >= 0.6 is 0 Å². The molecule has 0 saturated carbocycles. The van der Waals surface area contributed by atoms with Crippen molar-refractivity contribution in [3.05, 3.63) is 64.5 Å². The highest BCUT2D eigenvalue weighted by Gasteiger charge is 2.42. The second-order valence-electron chi connectivity index (χ2n) is 5.71. The predicted octanol–water partition coefficient (Wildman–Crippen LogP) is 5.53. The Bertz CT molecular complexity index is 832. The molecule has 2 nitrogen and oxygen atoms in total. The smallest absolute Gasteiger partial charge is 0.321 e. The average Bonchev–Trinajstić information content (AvgIpc) is 2.56. The lowest BCUT2D eigenvalue weighted by Crippen LogP contribution is -2.21. The van der Waals surface area contributed by atoms with Crippen LogP contribution in [0.25, 0.3) is 0 Å². The summed E-state index contributed by atoms with van der Waals surface area (Å²) < 4.78 is 105. The van der Waals surface area contributed by atoms with Crippen LogP contribution in [0.4, 0.5) is 40.8 Å². The highest BCUT2D eigenvalue weighted by molar-refractivity contribution is 5.91. The Morgan fingerprint density at radius 3 is 1.85 bits per heavy atom. The van der Waals surface area contributed by atoms with E-state index in [4.69, 9.17) is 0 Å². The average molecular weight is 397 g/mol. The number of hydrogen-bond donors (Lipinski definition) is 1. The zero-order valence-corrected chi connectivity index (χ0v) is 13.5. The van der Waals surface area contributed by atoms with Gasteiger partial charge in [-0.3, -0.25) is 4.79 Å². The quantitative estimate of drug-likeness (QED) is 0.533. The lowest BCUT2D eigenvalue weighted by molar-refractivity contribution is -0.143. The Balaban J connectivity index is 2.26. The van der Waals surface area contributed by atoms with Gasteiger partial charge in [-0.25, -0.2) is 22.0 Å². The third-order valence-corrected chi connectivity index (χ3v) is 3.74. The van der Waals surface area contributed by atoms with E-state index < -0.39 is 64.8 Å². The Labute approximate surface area is 147 Å².